The fourth-order valence-electron chi connectivity index (χ4n) is 4.61. The van der Waals surface area contributed by atoms with Crippen molar-refractivity contribution in [1.29, 1.82) is 0 Å². The Hall–Kier alpha value is -2.44. The summed E-state index contributed by atoms with van der Waals surface area (Å²) < 4.78 is 0. The predicted octanol–water partition coefficient (Wildman–Crippen LogP) is 3.07. The van der Waals surface area contributed by atoms with Crippen molar-refractivity contribution in [3.63, 3.8) is 0 Å². The van der Waals surface area contributed by atoms with E-state index in [1.165, 1.54) is 54.9 Å². The van der Waals surface area contributed by atoms with Crippen molar-refractivity contribution in [2.24, 2.45) is 0 Å². The molecule has 0 nitrogen and oxygen atoms in total. The van der Waals surface area contributed by atoms with Crippen LogP contribution in [-0.4, -0.2) is 0 Å². The van der Waals surface area contributed by atoms with Crippen molar-refractivity contribution < 1.29 is 51.0 Å². The Bertz CT molecular complexity index is 1360. The van der Waals surface area contributed by atoms with E-state index in [2.05, 4.69) is 135 Å². The van der Waals surface area contributed by atoms with E-state index in [0.29, 0.717) is 0 Å². The van der Waals surface area contributed by atoms with E-state index in [0.717, 1.165) is 0 Å². The Labute approximate surface area is 239 Å². The molecular formula is C32H26Cl2Zr. The molecule has 6 rings (SSSR count). The molecule has 3 heteroatoms. The van der Waals surface area contributed by atoms with Crippen LogP contribution in [0.2, 0.25) is 0 Å². The second-order valence-electron chi connectivity index (χ2n) is 8.30. The molecule has 6 aromatic carbocycles. The summed E-state index contributed by atoms with van der Waals surface area (Å²) in [7, 11) is 0. The van der Waals surface area contributed by atoms with Crippen LogP contribution in [0.25, 0.3) is 43.8 Å². The van der Waals surface area contributed by atoms with Crippen LogP contribution >= 0.6 is 0 Å². The number of hydrogen-bond donors (Lipinski definition) is 0. The first kappa shape index (κ1) is 28.8. The van der Waals surface area contributed by atoms with Crippen molar-refractivity contribution in [2.75, 3.05) is 0 Å². The van der Waals surface area contributed by atoms with E-state index >= 15 is 0 Å². The monoisotopic (exact) mass is 570 g/mol. The maximum Gasteiger partial charge on any atom is 4.00 e. The normalized spacial score (nSPS) is 9.89. The predicted molar refractivity (Wildman–Crippen MR) is 139 cm³/mol. The third kappa shape index (κ3) is 6.04. The number of halogens is 2. The zero-order valence-electron chi connectivity index (χ0n) is 19.8. The molecule has 0 aliphatic carbocycles. The molecule has 0 aromatic heterocycles. The van der Waals surface area contributed by atoms with Crippen molar-refractivity contribution in [3.8, 4) is 22.3 Å². The molecule has 172 valence electrons. The minimum atomic E-state index is 0. The molecule has 0 amide bonds. The summed E-state index contributed by atoms with van der Waals surface area (Å²) in [6.45, 7) is 4.35. The van der Waals surface area contributed by atoms with Gasteiger partial charge in [-0.1, -0.05) is 97.8 Å². The maximum atomic E-state index is 2.20. The van der Waals surface area contributed by atoms with Gasteiger partial charge in [-0.2, -0.15) is 23.3 Å². The van der Waals surface area contributed by atoms with Crippen molar-refractivity contribution >= 4 is 21.5 Å². The van der Waals surface area contributed by atoms with Crippen LogP contribution in [0, 0.1) is 13.8 Å². The number of benzene rings is 4. The summed E-state index contributed by atoms with van der Waals surface area (Å²) in [5, 5.41) is 5.43. The molecule has 0 fully saturated rings. The van der Waals surface area contributed by atoms with Crippen LogP contribution in [0.3, 0.4) is 0 Å². The zero-order chi connectivity index (χ0) is 21.9. The van der Waals surface area contributed by atoms with Gasteiger partial charge in [0.25, 0.3) is 0 Å². The van der Waals surface area contributed by atoms with Gasteiger partial charge in [-0.15, -0.1) is 57.9 Å². The molecule has 0 N–H and O–H groups in total. The van der Waals surface area contributed by atoms with Gasteiger partial charge >= 0.3 is 26.2 Å². The van der Waals surface area contributed by atoms with Crippen LogP contribution in [0.1, 0.15) is 11.1 Å². The van der Waals surface area contributed by atoms with Crippen LogP contribution in [0.5, 0.6) is 0 Å². The average molecular weight is 573 g/mol. The minimum absolute atomic E-state index is 0. The molecule has 0 saturated heterocycles. The van der Waals surface area contributed by atoms with E-state index in [1.54, 1.807) is 0 Å². The molecule has 0 unspecified atom stereocenters. The van der Waals surface area contributed by atoms with Crippen molar-refractivity contribution in [2.45, 2.75) is 13.8 Å². The number of rotatable bonds is 2. The van der Waals surface area contributed by atoms with Gasteiger partial charge in [0.05, 0.1) is 0 Å². The minimum Gasteiger partial charge on any atom is -1.00 e. The fourth-order valence-corrected chi connectivity index (χ4v) is 4.61. The SMILES string of the molecule is Cc1c[cH-]c2cccc(-c3ccccc3)c12.Cc1c[cH-]c2cccc(-c3ccccc3)c12.[Cl-].[Cl-].[Zr+4]. The molecule has 0 saturated carbocycles. The maximum absolute atomic E-state index is 2.20. The van der Waals surface area contributed by atoms with Crippen molar-refractivity contribution in [3.05, 3.63) is 132 Å². The third-order valence-electron chi connectivity index (χ3n) is 6.18. The van der Waals surface area contributed by atoms with Gasteiger partial charge in [0.1, 0.15) is 0 Å². The van der Waals surface area contributed by atoms with Gasteiger partial charge < -0.3 is 24.8 Å². The van der Waals surface area contributed by atoms with E-state index in [9.17, 15) is 0 Å². The van der Waals surface area contributed by atoms with Gasteiger partial charge in [0.2, 0.25) is 0 Å². The summed E-state index contributed by atoms with van der Waals surface area (Å²) in [5.41, 5.74) is 7.97. The first-order valence-electron chi connectivity index (χ1n) is 11.1. The van der Waals surface area contributed by atoms with Crippen molar-refractivity contribution in [1.82, 2.24) is 0 Å². The van der Waals surface area contributed by atoms with Gasteiger partial charge in [0.15, 0.2) is 0 Å². The Morgan fingerprint density at radius 3 is 1.20 bits per heavy atom. The van der Waals surface area contributed by atoms with E-state index < -0.39 is 0 Å². The summed E-state index contributed by atoms with van der Waals surface area (Å²) in [4.78, 5) is 0. The number of hydrogen-bond acceptors (Lipinski definition) is 0. The Morgan fingerprint density at radius 2 is 0.829 bits per heavy atom. The van der Waals surface area contributed by atoms with E-state index in [-0.39, 0.29) is 51.0 Å². The zero-order valence-corrected chi connectivity index (χ0v) is 23.8. The average Bonchev–Trinajstić information content (AvgIpc) is 3.43. The molecule has 35 heavy (non-hydrogen) atoms. The molecule has 0 atom stereocenters. The topological polar surface area (TPSA) is 0 Å². The first-order chi connectivity index (χ1) is 15.7. The van der Waals surface area contributed by atoms with Crippen LogP contribution < -0.4 is 24.8 Å². The standard InChI is InChI=1S/2C16H13.2ClH.Zr/c2*1-12-10-11-14-8-5-9-15(16(12)14)13-6-3-2-4-7-13;;;/h2*2-11H,1H3;2*1H;/q2*-1;;;+4/p-2. The third-order valence-corrected chi connectivity index (χ3v) is 6.18. The molecule has 0 heterocycles. The molecule has 0 aliphatic heterocycles. The molecular weight excluding hydrogens is 546 g/mol. The molecule has 0 bridgehead atoms. The quantitative estimate of drug-likeness (QED) is 0.280. The second-order valence-corrected chi connectivity index (χ2v) is 8.30. The second kappa shape index (κ2) is 13.0. The van der Waals surface area contributed by atoms with E-state index in [1.807, 2.05) is 0 Å². The summed E-state index contributed by atoms with van der Waals surface area (Å²) in [5.74, 6) is 0. The van der Waals surface area contributed by atoms with Gasteiger partial charge in [-0.3, -0.25) is 0 Å². The Balaban J connectivity index is 0.000000227. The van der Waals surface area contributed by atoms with Gasteiger partial charge in [-0.05, 0) is 11.1 Å². The molecule has 0 aliphatic rings. The van der Waals surface area contributed by atoms with Gasteiger partial charge in [-0.25, -0.2) is 0 Å². The van der Waals surface area contributed by atoms with E-state index in [4.69, 9.17) is 0 Å². The van der Waals surface area contributed by atoms with Crippen LogP contribution in [0.15, 0.2) is 121 Å². The number of fused-ring (bicyclic) bond motifs is 2. The Morgan fingerprint density at radius 1 is 0.457 bits per heavy atom. The summed E-state index contributed by atoms with van der Waals surface area (Å²) >= 11 is 0. The Kier molecular flexibility index (Phi) is 10.7. The van der Waals surface area contributed by atoms with Crippen LogP contribution in [0.4, 0.5) is 0 Å². The first-order valence-corrected chi connectivity index (χ1v) is 11.1. The summed E-state index contributed by atoms with van der Waals surface area (Å²) in [6.07, 6.45) is 0. The number of aryl methyl sites for hydroxylation is 2. The fraction of sp³-hybridized carbons (Fsp3) is 0.0625. The molecule has 0 radical (unpaired) electrons. The smallest absolute Gasteiger partial charge is 1.00 e. The largest absolute Gasteiger partial charge is 4.00 e. The molecule has 6 aromatic rings. The molecule has 0 spiro atoms. The van der Waals surface area contributed by atoms with Crippen LogP contribution in [-0.2, 0) is 26.2 Å². The van der Waals surface area contributed by atoms with Gasteiger partial charge in [0, 0.05) is 0 Å². The summed E-state index contributed by atoms with van der Waals surface area (Å²) in [6, 6.07) is 42.9.